The van der Waals surface area contributed by atoms with Gasteiger partial charge in [0, 0.05) is 11.3 Å². The first-order chi connectivity index (χ1) is 16.2. The van der Waals surface area contributed by atoms with Gasteiger partial charge in [-0.05, 0) is 65.1 Å². The number of anilines is 1. The third-order valence-corrected chi connectivity index (χ3v) is 6.10. The second kappa shape index (κ2) is 8.21. The highest BCUT2D eigenvalue weighted by Gasteiger charge is 2.49. The van der Waals surface area contributed by atoms with Crippen LogP contribution in [-0.2, 0) is 9.47 Å². The molecule has 10 nitrogen and oxygen atoms in total. The van der Waals surface area contributed by atoms with Crippen LogP contribution in [0.15, 0.2) is 42.5 Å². The minimum absolute atomic E-state index is 0.147. The van der Waals surface area contributed by atoms with Crippen LogP contribution >= 0.6 is 12.2 Å². The van der Waals surface area contributed by atoms with E-state index in [2.05, 4.69) is 26.2 Å². The Balaban J connectivity index is 1.15. The molecule has 6 rings (SSSR count). The fourth-order valence-corrected chi connectivity index (χ4v) is 4.59. The molecule has 12 heteroatoms. The first-order valence-corrected chi connectivity index (χ1v) is 10.8. The standard InChI is InChI=1S/C21H19FN6O4S/c22-12-2-4-13(5-3-12)23-21(33)24-14-8-29-19-15(9-30-18(14)19)28-20(25-26-27-28)11-1-6-16-17(7-11)32-10-31-16/h1-7,14-15,18-19H,8-10H2,(H2,23,24,33). The lowest BCUT2D eigenvalue weighted by Gasteiger charge is -2.20. The van der Waals surface area contributed by atoms with Crippen LogP contribution in [0, 0.1) is 5.82 Å². The summed E-state index contributed by atoms with van der Waals surface area (Å²) in [6.45, 7) is 1.01. The van der Waals surface area contributed by atoms with Crippen LogP contribution in [0.3, 0.4) is 0 Å². The van der Waals surface area contributed by atoms with E-state index in [-0.39, 0.29) is 36.9 Å². The van der Waals surface area contributed by atoms with Crippen LogP contribution in [0.25, 0.3) is 11.4 Å². The molecule has 170 valence electrons. The molecule has 4 heterocycles. The highest BCUT2D eigenvalue weighted by molar-refractivity contribution is 7.80. The van der Waals surface area contributed by atoms with Gasteiger partial charge in [0.15, 0.2) is 22.4 Å². The summed E-state index contributed by atoms with van der Waals surface area (Å²) < 4.78 is 37.9. The molecule has 0 saturated carbocycles. The van der Waals surface area contributed by atoms with Gasteiger partial charge < -0.3 is 29.6 Å². The summed E-state index contributed by atoms with van der Waals surface area (Å²) in [6, 6.07) is 11.2. The lowest BCUT2D eigenvalue weighted by atomic mass is 10.1. The summed E-state index contributed by atoms with van der Waals surface area (Å²) in [5.41, 5.74) is 1.50. The number of fused-ring (bicyclic) bond motifs is 2. The number of thiocarbonyl (C=S) groups is 1. The van der Waals surface area contributed by atoms with Gasteiger partial charge in [-0.1, -0.05) is 0 Å². The number of benzene rings is 2. The van der Waals surface area contributed by atoms with Crippen molar-refractivity contribution in [3.8, 4) is 22.9 Å². The first-order valence-electron chi connectivity index (χ1n) is 10.4. The minimum Gasteiger partial charge on any atom is -0.454 e. The van der Waals surface area contributed by atoms with E-state index in [4.69, 9.17) is 31.2 Å². The number of rotatable bonds is 4. The van der Waals surface area contributed by atoms with Gasteiger partial charge in [-0.3, -0.25) is 0 Å². The average Bonchev–Trinajstić information content (AvgIpc) is 3.60. The quantitative estimate of drug-likeness (QED) is 0.550. The predicted molar refractivity (Wildman–Crippen MR) is 117 cm³/mol. The molecule has 0 spiro atoms. The largest absolute Gasteiger partial charge is 0.454 e. The van der Waals surface area contributed by atoms with Crippen molar-refractivity contribution in [1.82, 2.24) is 25.5 Å². The van der Waals surface area contributed by atoms with Gasteiger partial charge >= 0.3 is 0 Å². The molecule has 3 aliphatic rings. The van der Waals surface area contributed by atoms with Crippen molar-refractivity contribution in [3.05, 3.63) is 48.3 Å². The molecule has 4 atom stereocenters. The van der Waals surface area contributed by atoms with Crippen molar-refractivity contribution in [1.29, 1.82) is 0 Å². The number of aromatic nitrogens is 4. The maximum Gasteiger partial charge on any atom is 0.231 e. The molecule has 33 heavy (non-hydrogen) atoms. The second-order valence-corrected chi connectivity index (χ2v) is 8.30. The van der Waals surface area contributed by atoms with Crippen LogP contribution in [0.1, 0.15) is 6.04 Å². The number of ether oxygens (including phenoxy) is 4. The molecule has 0 amide bonds. The van der Waals surface area contributed by atoms with E-state index in [1.54, 1.807) is 16.8 Å². The van der Waals surface area contributed by atoms with Crippen LogP contribution < -0.4 is 20.1 Å². The molecule has 3 aromatic rings. The van der Waals surface area contributed by atoms with Crippen molar-refractivity contribution in [2.24, 2.45) is 0 Å². The number of hydrogen-bond donors (Lipinski definition) is 2. The highest BCUT2D eigenvalue weighted by Crippen LogP contribution is 2.38. The molecule has 0 radical (unpaired) electrons. The molecule has 2 fully saturated rings. The number of halogens is 1. The summed E-state index contributed by atoms with van der Waals surface area (Å²) in [6.07, 6.45) is -0.468. The Morgan fingerprint density at radius 2 is 1.85 bits per heavy atom. The van der Waals surface area contributed by atoms with E-state index < -0.39 is 0 Å². The van der Waals surface area contributed by atoms with Crippen molar-refractivity contribution < 1.29 is 23.3 Å². The molecular formula is C21H19FN6O4S. The van der Waals surface area contributed by atoms with E-state index >= 15 is 0 Å². The molecule has 2 saturated heterocycles. The van der Waals surface area contributed by atoms with Crippen LogP contribution in [0.4, 0.5) is 10.1 Å². The molecule has 0 bridgehead atoms. The maximum absolute atomic E-state index is 13.1. The zero-order chi connectivity index (χ0) is 22.4. The monoisotopic (exact) mass is 470 g/mol. The molecule has 4 unspecified atom stereocenters. The lowest BCUT2D eigenvalue weighted by molar-refractivity contribution is 0.0626. The molecular weight excluding hydrogens is 451 g/mol. The van der Waals surface area contributed by atoms with Gasteiger partial charge in [-0.2, -0.15) is 0 Å². The summed E-state index contributed by atoms with van der Waals surface area (Å²) in [4.78, 5) is 0. The highest BCUT2D eigenvalue weighted by atomic mass is 32.1. The summed E-state index contributed by atoms with van der Waals surface area (Å²) in [7, 11) is 0. The SMILES string of the molecule is Fc1ccc(NC(=S)NC2COC3C2OCC3n2nnnc2-c2ccc3c(c2)OCO3)cc1. The van der Waals surface area contributed by atoms with Gasteiger partial charge in [0.2, 0.25) is 6.79 Å². The lowest BCUT2D eigenvalue weighted by Crippen LogP contribution is -2.45. The zero-order valence-corrected chi connectivity index (χ0v) is 18.0. The average molecular weight is 470 g/mol. The van der Waals surface area contributed by atoms with Crippen molar-refractivity contribution in [2.45, 2.75) is 24.3 Å². The minimum atomic E-state index is -0.306. The van der Waals surface area contributed by atoms with E-state index in [1.807, 2.05) is 18.2 Å². The van der Waals surface area contributed by atoms with Crippen molar-refractivity contribution in [2.75, 3.05) is 25.3 Å². The number of hydrogen-bond acceptors (Lipinski definition) is 8. The van der Waals surface area contributed by atoms with E-state index in [1.165, 1.54) is 12.1 Å². The molecule has 0 aliphatic carbocycles. The smallest absolute Gasteiger partial charge is 0.231 e. The summed E-state index contributed by atoms with van der Waals surface area (Å²) in [5, 5.41) is 19.0. The Bertz CT molecular complexity index is 1190. The van der Waals surface area contributed by atoms with Crippen LogP contribution in [0.2, 0.25) is 0 Å². The summed E-state index contributed by atoms with van der Waals surface area (Å²) in [5.74, 6) is 1.64. The molecule has 1 aromatic heterocycles. The molecule has 2 N–H and O–H groups in total. The van der Waals surface area contributed by atoms with Gasteiger partial charge in [0.1, 0.15) is 24.1 Å². The van der Waals surface area contributed by atoms with Gasteiger partial charge in [-0.15, -0.1) is 5.10 Å². The first kappa shape index (κ1) is 20.3. The number of nitrogens with zero attached hydrogens (tertiary/aromatic N) is 4. The maximum atomic E-state index is 13.1. The Kier molecular flexibility index (Phi) is 5.04. The Morgan fingerprint density at radius 3 is 2.73 bits per heavy atom. The van der Waals surface area contributed by atoms with Gasteiger partial charge in [0.25, 0.3) is 0 Å². The third-order valence-electron chi connectivity index (χ3n) is 5.88. The Hall–Kier alpha value is -3.35. The van der Waals surface area contributed by atoms with Crippen molar-refractivity contribution in [3.63, 3.8) is 0 Å². The zero-order valence-electron chi connectivity index (χ0n) is 17.2. The van der Waals surface area contributed by atoms with E-state index in [9.17, 15) is 4.39 Å². The fourth-order valence-electron chi connectivity index (χ4n) is 4.32. The number of tetrazole rings is 1. The molecule has 3 aliphatic heterocycles. The van der Waals surface area contributed by atoms with E-state index in [0.29, 0.717) is 41.3 Å². The van der Waals surface area contributed by atoms with Gasteiger partial charge in [-0.25, -0.2) is 9.07 Å². The van der Waals surface area contributed by atoms with Crippen LogP contribution in [0.5, 0.6) is 11.5 Å². The fraction of sp³-hybridized carbons (Fsp3) is 0.333. The molecule has 2 aromatic carbocycles. The van der Waals surface area contributed by atoms with Gasteiger partial charge in [0.05, 0.1) is 19.3 Å². The normalized spacial score (nSPS) is 25.1. The summed E-state index contributed by atoms with van der Waals surface area (Å²) >= 11 is 5.41. The van der Waals surface area contributed by atoms with Crippen molar-refractivity contribution >= 4 is 23.0 Å². The predicted octanol–water partition coefficient (Wildman–Crippen LogP) is 1.90. The Labute approximate surface area is 193 Å². The second-order valence-electron chi connectivity index (χ2n) is 7.89. The Morgan fingerprint density at radius 1 is 1.03 bits per heavy atom. The van der Waals surface area contributed by atoms with Crippen LogP contribution in [-0.4, -0.2) is 63.6 Å². The topological polar surface area (TPSA) is 105 Å². The number of nitrogens with one attached hydrogen (secondary N) is 2. The third kappa shape index (κ3) is 3.75. The van der Waals surface area contributed by atoms with E-state index in [0.717, 1.165) is 5.56 Å².